The number of benzene rings is 2. The average Bonchev–Trinajstić information content (AvgIpc) is 3.35. The van der Waals surface area contributed by atoms with Gasteiger partial charge >= 0.3 is 0 Å². The number of carbonyl (C=O) groups excluding carboxylic acids is 2. The summed E-state index contributed by atoms with van der Waals surface area (Å²) in [4.78, 5) is 27.5. The minimum atomic E-state index is -0.850. The zero-order chi connectivity index (χ0) is 22.2. The minimum absolute atomic E-state index is 0.0167. The maximum atomic E-state index is 13.1. The summed E-state index contributed by atoms with van der Waals surface area (Å²) in [6.07, 6.45) is 0. The molecule has 1 saturated heterocycles. The first kappa shape index (κ1) is 19.9. The van der Waals surface area contributed by atoms with Gasteiger partial charge in [0.2, 0.25) is 0 Å². The maximum absolute atomic E-state index is 13.1. The summed E-state index contributed by atoms with van der Waals surface area (Å²) in [5.41, 5.74) is 1.21. The lowest BCUT2D eigenvalue weighted by Gasteiger charge is -2.23. The Kier molecular flexibility index (Phi) is 4.93. The molecule has 2 aliphatic rings. The van der Waals surface area contributed by atoms with Crippen molar-refractivity contribution in [2.45, 2.75) is 19.5 Å². The van der Waals surface area contributed by atoms with Gasteiger partial charge in [-0.05, 0) is 42.8 Å². The summed E-state index contributed by atoms with van der Waals surface area (Å²) >= 11 is 0. The molecule has 0 bridgehead atoms. The highest BCUT2D eigenvalue weighted by Gasteiger charge is 2.47. The Labute approximate surface area is 184 Å². The van der Waals surface area contributed by atoms with Crippen molar-refractivity contribution in [1.29, 1.82) is 0 Å². The Morgan fingerprint density at radius 3 is 2.47 bits per heavy atom. The number of aliphatic hydroxyl groups is 1. The third-order valence-electron chi connectivity index (χ3n) is 5.58. The van der Waals surface area contributed by atoms with Crippen LogP contribution in [0.1, 0.15) is 28.7 Å². The molecule has 2 aliphatic heterocycles. The highest BCUT2D eigenvalue weighted by atomic mass is 16.6. The molecule has 0 unspecified atom stereocenters. The number of carbonyl (C=O) groups is 2. The second kappa shape index (κ2) is 7.92. The van der Waals surface area contributed by atoms with Crippen molar-refractivity contribution in [3.63, 3.8) is 0 Å². The van der Waals surface area contributed by atoms with Crippen LogP contribution in [0.3, 0.4) is 0 Å². The van der Waals surface area contributed by atoms with Gasteiger partial charge < -0.3 is 23.9 Å². The molecular weight excluding hydrogens is 410 g/mol. The highest BCUT2D eigenvalue weighted by molar-refractivity contribution is 6.46. The first-order valence-electron chi connectivity index (χ1n) is 10.3. The van der Waals surface area contributed by atoms with Gasteiger partial charge in [-0.15, -0.1) is 0 Å². The molecule has 5 rings (SSSR count). The molecule has 1 aromatic heterocycles. The molecular formula is C25H21NO6. The number of amides is 1. The van der Waals surface area contributed by atoms with E-state index in [2.05, 4.69) is 0 Å². The fourth-order valence-electron chi connectivity index (χ4n) is 4.07. The molecule has 3 heterocycles. The Bertz CT molecular complexity index is 1230. The van der Waals surface area contributed by atoms with Crippen LogP contribution < -0.4 is 9.47 Å². The van der Waals surface area contributed by atoms with Crippen molar-refractivity contribution < 1.29 is 28.6 Å². The summed E-state index contributed by atoms with van der Waals surface area (Å²) in [6.45, 7) is 2.83. The molecule has 0 saturated carbocycles. The lowest BCUT2D eigenvalue weighted by atomic mass is 9.99. The molecule has 0 aliphatic carbocycles. The van der Waals surface area contributed by atoms with Crippen molar-refractivity contribution in [3.8, 4) is 11.5 Å². The van der Waals surface area contributed by atoms with Crippen molar-refractivity contribution in [2.75, 3.05) is 13.2 Å². The zero-order valence-corrected chi connectivity index (χ0v) is 17.4. The van der Waals surface area contributed by atoms with Crippen molar-refractivity contribution in [3.05, 3.63) is 88.9 Å². The number of Topliss-reactive ketones (excluding diaryl/α,β-unsaturated/α-hetero) is 1. The number of ether oxygens (including phenoxy) is 2. The normalized spacial score (nSPS) is 19.4. The van der Waals surface area contributed by atoms with E-state index in [-0.39, 0.29) is 17.9 Å². The summed E-state index contributed by atoms with van der Waals surface area (Å²) in [7, 11) is 0. The molecule has 7 heteroatoms. The van der Waals surface area contributed by atoms with Gasteiger partial charge in [0, 0.05) is 12.1 Å². The number of fused-ring (bicyclic) bond motifs is 1. The first-order chi connectivity index (χ1) is 15.5. The Morgan fingerprint density at radius 1 is 1.00 bits per heavy atom. The van der Waals surface area contributed by atoms with E-state index in [0.29, 0.717) is 41.8 Å². The maximum Gasteiger partial charge on any atom is 0.296 e. The van der Waals surface area contributed by atoms with E-state index >= 15 is 0 Å². The summed E-state index contributed by atoms with van der Waals surface area (Å²) in [5.74, 6) is 0.371. The number of furan rings is 1. The monoisotopic (exact) mass is 431 g/mol. The molecule has 0 radical (unpaired) electrons. The molecule has 2 aromatic carbocycles. The number of nitrogens with zero attached hydrogens (tertiary/aromatic N) is 1. The van der Waals surface area contributed by atoms with Crippen molar-refractivity contribution in [2.24, 2.45) is 0 Å². The third kappa shape index (κ3) is 3.41. The van der Waals surface area contributed by atoms with Gasteiger partial charge in [-0.3, -0.25) is 9.59 Å². The largest absolute Gasteiger partial charge is 0.507 e. The molecule has 7 nitrogen and oxygen atoms in total. The quantitative estimate of drug-likeness (QED) is 0.382. The number of aliphatic hydroxyl groups excluding tert-OH is 1. The van der Waals surface area contributed by atoms with E-state index in [4.69, 9.17) is 13.9 Å². The SMILES string of the molecule is Cc1ccc([C@@H]2C(=C(O)c3ccc4c(c3)OCCO4)C(=O)C(=O)N2Cc2ccccc2)o1. The van der Waals surface area contributed by atoms with Crippen molar-refractivity contribution in [1.82, 2.24) is 4.90 Å². The third-order valence-corrected chi connectivity index (χ3v) is 5.58. The molecule has 32 heavy (non-hydrogen) atoms. The van der Waals surface area contributed by atoms with Crippen LogP contribution in [-0.4, -0.2) is 34.9 Å². The predicted molar refractivity (Wildman–Crippen MR) is 115 cm³/mol. The zero-order valence-electron chi connectivity index (χ0n) is 17.4. The Hall–Kier alpha value is -4.00. The van der Waals surface area contributed by atoms with Crippen LogP contribution in [0.25, 0.3) is 5.76 Å². The second-order valence-electron chi connectivity index (χ2n) is 7.72. The number of hydrogen-bond acceptors (Lipinski definition) is 6. The minimum Gasteiger partial charge on any atom is -0.507 e. The summed E-state index contributed by atoms with van der Waals surface area (Å²) in [6, 6.07) is 16.9. The van der Waals surface area contributed by atoms with Gasteiger partial charge in [-0.1, -0.05) is 30.3 Å². The van der Waals surface area contributed by atoms with Crippen LogP contribution in [0.15, 0.2) is 70.7 Å². The number of hydrogen-bond donors (Lipinski definition) is 1. The standard InChI is InChI=1S/C25H21NO6/c1-15-7-9-19(32-15)22-21(23(27)17-8-10-18-20(13-17)31-12-11-30-18)24(28)25(29)26(22)14-16-5-3-2-4-6-16/h2-10,13,22,27H,11-12,14H2,1H3/t22-/m1/s1. The van der Waals surface area contributed by atoms with E-state index in [0.717, 1.165) is 5.56 Å². The number of aryl methyl sites for hydroxylation is 1. The topological polar surface area (TPSA) is 89.2 Å². The Morgan fingerprint density at radius 2 is 1.75 bits per heavy atom. The smallest absolute Gasteiger partial charge is 0.296 e. The van der Waals surface area contributed by atoms with Crippen LogP contribution in [-0.2, 0) is 16.1 Å². The highest BCUT2D eigenvalue weighted by Crippen LogP contribution is 2.42. The van der Waals surface area contributed by atoms with Crippen LogP contribution >= 0.6 is 0 Å². The molecule has 1 amide bonds. The van der Waals surface area contributed by atoms with Gasteiger partial charge in [0.15, 0.2) is 11.5 Å². The van der Waals surface area contributed by atoms with Gasteiger partial charge in [0.05, 0.1) is 5.57 Å². The van der Waals surface area contributed by atoms with E-state index < -0.39 is 17.7 Å². The van der Waals surface area contributed by atoms with E-state index in [9.17, 15) is 14.7 Å². The van der Waals surface area contributed by atoms with E-state index in [1.54, 1.807) is 37.3 Å². The molecule has 1 fully saturated rings. The van der Waals surface area contributed by atoms with Crippen LogP contribution in [0.5, 0.6) is 11.5 Å². The van der Waals surface area contributed by atoms with Gasteiger partial charge in [-0.25, -0.2) is 0 Å². The number of ketones is 1. The molecule has 1 atom stereocenters. The molecule has 3 aromatic rings. The molecule has 162 valence electrons. The summed E-state index contributed by atoms with van der Waals surface area (Å²) < 4.78 is 16.9. The lowest BCUT2D eigenvalue weighted by Crippen LogP contribution is -2.29. The number of rotatable bonds is 4. The van der Waals surface area contributed by atoms with Gasteiger partial charge in [0.25, 0.3) is 11.7 Å². The summed E-state index contributed by atoms with van der Waals surface area (Å²) in [5, 5.41) is 11.2. The van der Waals surface area contributed by atoms with E-state index in [1.165, 1.54) is 4.90 Å². The van der Waals surface area contributed by atoms with Crippen LogP contribution in [0, 0.1) is 6.92 Å². The fraction of sp³-hybridized carbons (Fsp3) is 0.200. The van der Waals surface area contributed by atoms with Crippen LogP contribution in [0.4, 0.5) is 0 Å². The predicted octanol–water partition coefficient (Wildman–Crippen LogP) is 3.98. The van der Waals surface area contributed by atoms with Gasteiger partial charge in [0.1, 0.15) is 36.5 Å². The van der Waals surface area contributed by atoms with Crippen LogP contribution in [0.2, 0.25) is 0 Å². The second-order valence-corrected chi connectivity index (χ2v) is 7.72. The molecule has 1 N–H and O–H groups in total. The number of likely N-dealkylation sites (tertiary alicyclic amines) is 1. The first-order valence-corrected chi connectivity index (χ1v) is 10.3. The fourth-order valence-corrected chi connectivity index (χ4v) is 4.07. The van der Waals surface area contributed by atoms with Crippen molar-refractivity contribution >= 4 is 17.4 Å². The Balaban J connectivity index is 1.62. The van der Waals surface area contributed by atoms with Gasteiger partial charge in [-0.2, -0.15) is 0 Å². The van der Waals surface area contributed by atoms with E-state index in [1.807, 2.05) is 30.3 Å². The lowest BCUT2D eigenvalue weighted by molar-refractivity contribution is -0.140. The molecule has 0 spiro atoms. The average molecular weight is 431 g/mol.